The molecule has 1 heterocycles. The summed E-state index contributed by atoms with van der Waals surface area (Å²) < 4.78 is 15.3. The fourth-order valence-electron chi connectivity index (χ4n) is 3.29. The Labute approximate surface area is 162 Å². The predicted molar refractivity (Wildman–Crippen MR) is 108 cm³/mol. The van der Waals surface area contributed by atoms with Gasteiger partial charge in [-0.3, -0.25) is 4.79 Å². The lowest BCUT2D eigenvalue weighted by molar-refractivity contribution is 0.0949. The lowest BCUT2D eigenvalue weighted by atomic mass is 10.1. The molecule has 1 N–H and O–H groups in total. The molecule has 0 unspecified atom stereocenters. The van der Waals surface area contributed by atoms with Crippen molar-refractivity contribution < 1.29 is 9.18 Å². The van der Waals surface area contributed by atoms with Crippen LogP contribution in [0.15, 0.2) is 72.8 Å². The van der Waals surface area contributed by atoms with Gasteiger partial charge in [0.25, 0.3) is 5.91 Å². The second kappa shape index (κ2) is 7.64. The monoisotopic (exact) mass is 373 g/mol. The van der Waals surface area contributed by atoms with Gasteiger partial charge in [0.2, 0.25) is 0 Å². The number of nitrogens with one attached hydrogen (secondary N) is 1. The molecule has 1 aromatic heterocycles. The fourth-order valence-corrected chi connectivity index (χ4v) is 3.29. The number of hydrogen-bond donors (Lipinski definition) is 1. The van der Waals surface area contributed by atoms with Crippen molar-refractivity contribution in [3.63, 3.8) is 0 Å². The lowest BCUT2D eigenvalue weighted by Crippen LogP contribution is -2.25. The van der Waals surface area contributed by atoms with Crippen molar-refractivity contribution in [3.05, 3.63) is 101 Å². The van der Waals surface area contributed by atoms with Gasteiger partial charge in [-0.25, -0.2) is 9.37 Å². The molecule has 4 rings (SSSR count). The molecule has 0 radical (unpaired) electrons. The van der Waals surface area contributed by atoms with E-state index in [-0.39, 0.29) is 11.7 Å². The van der Waals surface area contributed by atoms with Gasteiger partial charge in [-0.1, -0.05) is 42.5 Å². The number of carbonyl (C=O) groups excluding carboxylic acids is 1. The van der Waals surface area contributed by atoms with Crippen LogP contribution in [0.2, 0.25) is 0 Å². The van der Waals surface area contributed by atoms with Crippen LogP contribution in [0.1, 0.15) is 27.3 Å². The third kappa shape index (κ3) is 3.64. The van der Waals surface area contributed by atoms with E-state index in [9.17, 15) is 9.18 Å². The average Bonchev–Trinajstić information content (AvgIpc) is 3.06. The normalized spacial score (nSPS) is 10.9. The zero-order valence-corrected chi connectivity index (χ0v) is 15.5. The highest BCUT2D eigenvalue weighted by molar-refractivity contribution is 5.95. The summed E-state index contributed by atoms with van der Waals surface area (Å²) in [6, 6.07) is 21.8. The Morgan fingerprint density at radius 2 is 1.71 bits per heavy atom. The summed E-state index contributed by atoms with van der Waals surface area (Å²) >= 11 is 0. The van der Waals surface area contributed by atoms with Gasteiger partial charge < -0.3 is 9.88 Å². The topological polar surface area (TPSA) is 46.9 Å². The third-order valence-corrected chi connectivity index (χ3v) is 4.78. The third-order valence-electron chi connectivity index (χ3n) is 4.78. The fraction of sp³-hybridized carbons (Fsp3) is 0.130. The molecule has 0 saturated carbocycles. The Morgan fingerprint density at radius 3 is 2.50 bits per heavy atom. The molecule has 0 aliphatic heterocycles. The second-order valence-corrected chi connectivity index (χ2v) is 6.73. The van der Waals surface area contributed by atoms with Crippen LogP contribution in [-0.2, 0) is 13.1 Å². The molecule has 5 heteroatoms. The zero-order valence-electron chi connectivity index (χ0n) is 15.5. The highest BCUT2D eigenvalue weighted by Gasteiger charge is 2.13. The molecule has 1 amide bonds. The summed E-state index contributed by atoms with van der Waals surface area (Å²) in [7, 11) is 0. The molecular weight excluding hydrogens is 353 g/mol. The maximum Gasteiger partial charge on any atom is 0.251 e. The van der Waals surface area contributed by atoms with Crippen LogP contribution in [0.3, 0.4) is 0 Å². The molecule has 0 fully saturated rings. The number of halogens is 1. The molecule has 0 atom stereocenters. The minimum atomic E-state index is -0.259. The van der Waals surface area contributed by atoms with E-state index < -0.39 is 0 Å². The second-order valence-electron chi connectivity index (χ2n) is 6.73. The molecule has 0 aliphatic carbocycles. The lowest BCUT2D eigenvalue weighted by Gasteiger charge is -2.11. The van der Waals surface area contributed by atoms with E-state index in [1.54, 1.807) is 12.1 Å². The average molecular weight is 373 g/mol. The number of aromatic nitrogens is 2. The molecule has 0 aliphatic rings. The van der Waals surface area contributed by atoms with Crippen LogP contribution in [0.25, 0.3) is 11.0 Å². The number of para-hydroxylation sites is 2. The summed E-state index contributed by atoms with van der Waals surface area (Å²) in [5.74, 6) is 0.371. The summed E-state index contributed by atoms with van der Waals surface area (Å²) in [6.07, 6.45) is 0. The number of hydrogen-bond acceptors (Lipinski definition) is 2. The molecule has 28 heavy (non-hydrogen) atoms. The number of aryl methyl sites for hydroxylation is 1. The van der Waals surface area contributed by atoms with Crippen LogP contribution >= 0.6 is 0 Å². The minimum absolute atomic E-state index is 0.126. The van der Waals surface area contributed by atoms with E-state index in [0.717, 1.165) is 28.0 Å². The number of fused-ring (bicyclic) bond motifs is 1. The first-order chi connectivity index (χ1) is 13.6. The van der Waals surface area contributed by atoms with Crippen molar-refractivity contribution in [1.29, 1.82) is 0 Å². The summed E-state index contributed by atoms with van der Waals surface area (Å²) in [5.41, 5.74) is 4.40. The van der Waals surface area contributed by atoms with Gasteiger partial charge >= 0.3 is 0 Å². The van der Waals surface area contributed by atoms with Crippen molar-refractivity contribution in [2.24, 2.45) is 0 Å². The van der Waals surface area contributed by atoms with Crippen LogP contribution < -0.4 is 5.32 Å². The number of amides is 1. The van der Waals surface area contributed by atoms with Crippen LogP contribution in [0.5, 0.6) is 0 Å². The standard InChI is InChI=1S/C23H20FN3O/c1-16-6-2-3-7-19(16)23(28)25-14-22-26-20-8-4-5-9-21(20)27(22)15-17-10-12-18(24)13-11-17/h2-13H,14-15H2,1H3,(H,25,28). The maximum absolute atomic E-state index is 13.2. The molecular formula is C23H20FN3O. The first kappa shape index (κ1) is 17.9. The highest BCUT2D eigenvalue weighted by atomic mass is 19.1. The Hall–Kier alpha value is -3.47. The van der Waals surface area contributed by atoms with Gasteiger partial charge in [-0.15, -0.1) is 0 Å². The molecule has 0 spiro atoms. The van der Waals surface area contributed by atoms with E-state index in [2.05, 4.69) is 14.9 Å². The van der Waals surface area contributed by atoms with Gasteiger partial charge in [-0.2, -0.15) is 0 Å². The van der Waals surface area contributed by atoms with Gasteiger partial charge in [0.05, 0.1) is 17.6 Å². The summed E-state index contributed by atoms with van der Waals surface area (Å²) in [6.45, 7) is 2.78. The van der Waals surface area contributed by atoms with Gasteiger partial charge in [0.1, 0.15) is 11.6 Å². The number of benzene rings is 3. The van der Waals surface area contributed by atoms with Crippen molar-refractivity contribution in [3.8, 4) is 0 Å². The quantitative estimate of drug-likeness (QED) is 0.561. The van der Waals surface area contributed by atoms with E-state index >= 15 is 0 Å². The molecule has 0 bridgehead atoms. The summed E-state index contributed by atoms with van der Waals surface area (Å²) in [4.78, 5) is 17.3. The van der Waals surface area contributed by atoms with E-state index in [4.69, 9.17) is 0 Å². The molecule has 3 aromatic carbocycles. The first-order valence-corrected chi connectivity index (χ1v) is 9.14. The minimum Gasteiger partial charge on any atom is -0.345 e. The Morgan fingerprint density at radius 1 is 1.00 bits per heavy atom. The Bertz CT molecular complexity index is 1130. The molecule has 4 aromatic rings. The van der Waals surface area contributed by atoms with Gasteiger partial charge in [0, 0.05) is 12.1 Å². The number of imidazole rings is 1. The Balaban J connectivity index is 1.62. The first-order valence-electron chi connectivity index (χ1n) is 9.14. The van der Waals surface area contributed by atoms with Gasteiger partial charge in [-0.05, 0) is 48.4 Å². The van der Waals surface area contributed by atoms with Crippen LogP contribution in [-0.4, -0.2) is 15.5 Å². The van der Waals surface area contributed by atoms with Crippen molar-refractivity contribution in [2.45, 2.75) is 20.0 Å². The molecule has 140 valence electrons. The van der Waals surface area contributed by atoms with E-state index in [0.29, 0.717) is 18.7 Å². The smallest absolute Gasteiger partial charge is 0.251 e. The van der Waals surface area contributed by atoms with Gasteiger partial charge in [0.15, 0.2) is 0 Å². The van der Waals surface area contributed by atoms with Crippen molar-refractivity contribution in [2.75, 3.05) is 0 Å². The predicted octanol–water partition coefficient (Wildman–Crippen LogP) is 4.46. The van der Waals surface area contributed by atoms with E-state index in [1.165, 1.54) is 12.1 Å². The van der Waals surface area contributed by atoms with E-state index in [1.807, 2.05) is 55.5 Å². The SMILES string of the molecule is Cc1ccccc1C(=O)NCc1nc2ccccc2n1Cc1ccc(F)cc1. The summed E-state index contributed by atoms with van der Waals surface area (Å²) in [5, 5.41) is 2.97. The number of rotatable bonds is 5. The van der Waals surface area contributed by atoms with Crippen LogP contribution in [0, 0.1) is 12.7 Å². The van der Waals surface area contributed by atoms with Crippen LogP contribution in [0.4, 0.5) is 4.39 Å². The number of nitrogens with zero attached hydrogens (tertiary/aromatic N) is 2. The molecule has 0 saturated heterocycles. The largest absolute Gasteiger partial charge is 0.345 e. The highest BCUT2D eigenvalue weighted by Crippen LogP contribution is 2.18. The zero-order chi connectivity index (χ0) is 19.5. The van der Waals surface area contributed by atoms with Crippen molar-refractivity contribution in [1.82, 2.24) is 14.9 Å². The Kier molecular flexibility index (Phi) is 4.89. The molecule has 4 nitrogen and oxygen atoms in total. The number of carbonyl (C=O) groups is 1. The van der Waals surface area contributed by atoms with Crippen molar-refractivity contribution >= 4 is 16.9 Å². The maximum atomic E-state index is 13.2.